The highest BCUT2D eigenvalue weighted by Crippen LogP contribution is 2.29. The summed E-state index contributed by atoms with van der Waals surface area (Å²) in [5.41, 5.74) is 11.3. The average molecular weight is 285 g/mol. The molecule has 2 rings (SSSR count). The molecular weight excluding hydrogens is 272 g/mol. The van der Waals surface area contributed by atoms with Gasteiger partial charge in [0.2, 0.25) is 0 Å². The fourth-order valence-corrected chi connectivity index (χ4v) is 2.02. The standard InChI is InChI=1S/C11H13BrN2O2/c12-6-1-2-9(11(14)15)10(3-6)16-8-4-7(13)5-8/h1-3,7-8H,4-5,13H2,(H2,14,15). The van der Waals surface area contributed by atoms with Crippen LogP contribution < -0.4 is 16.2 Å². The van der Waals surface area contributed by atoms with Gasteiger partial charge in [-0.1, -0.05) is 15.9 Å². The van der Waals surface area contributed by atoms with Crippen LogP contribution in [0.1, 0.15) is 23.2 Å². The lowest BCUT2D eigenvalue weighted by Crippen LogP contribution is -2.43. The van der Waals surface area contributed by atoms with Crippen LogP contribution in [0.5, 0.6) is 5.75 Å². The number of hydrogen-bond donors (Lipinski definition) is 2. The van der Waals surface area contributed by atoms with Gasteiger partial charge in [-0.2, -0.15) is 0 Å². The second-order valence-electron chi connectivity index (χ2n) is 3.98. The van der Waals surface area contributed by atoms with Crippen molar-refractivity contribution in [2.24, 2.45) is 11.5 Å². The Balaban J connectivity index is 2.17. The number of ether oxygens (including phenoxy) is 1. The number of halogens is 1. The minimum atomic E-state index is -0.480. The van der Waals surface area contributed by atoms with Gasteiger partial charge in [-0.3, -0.25) is 4.79 Å². The molecule has 0 saturated heterocycles. The lowest BCUT2D eigenvalue weighted by Gasteiger charge is -2.33. The molecule has 86 valence electrons. The molecule has 1 aromatic carbocycles. The molecule has 1 amide bonds. The van der Waals surface area contributed by atoms with Gasteiger partial charge in [0.25, 0.3) is 5.91 Å². The maximum Gasteiger partial charge on any atom is 0.252 e. The third kappa shape index (κ3) is 2.36. The minimum Gasteiger partial charge on any atom is -0.489 e. The number of amides is 1. The Morgan fingerprint density at radius 3 is 2.69 bits per heavy atom. The van der Waals surface area contributed by atoms with Crippen molar-refractivity contribution in [3.8, 4) is 5.75 Å². The van der Waals surface area contributed by atoms with Gasteiger partial charge >= 0.3 is 0 Å². The predicted octanol–water partition coefficient (Wildman–Crippen LogP) is 1.42. The van der Waals surface area contributed by atoms with Gasteiger partial charge < -0.3 is 16.2 Å². The van der Waals surface area contributed by atoms with Crippen LogP contribution in [0.2, 0.25) is 0 Å². The van der Waals surface area contributed by atoms with Crippen molar-refractivity contribution in [1.82, 2.24) is 0 Å². The summed E-state index contributed by atoms with van der Waals surface area (Å²) in [5.74, 6) is 0.0462. The quantitative estimate of drug-likeness (QED) is 0.881. The van der Waals surface area contributed by atoms with Crippen LogP contribution in [0, 0.1) is 0 Å². The van der Waals surface area contributed by atoms with Crippen LogP contribution in [-0.4, -0.2) is 18.1 Å². The molecule has 0 aromatic heterocycles. The second kappa shape index (κ2) is 4.43. The van der Waals surface area contributed by atoms with Gasteiger partial charge in [0, 0.05) is 10.5 Å². The van der Waals surface area contributed by atoms with E-state index in [0.717, 1.165) is 17.3 Å². The molecule has 4 N–H and O–H groups in total. The van der Waals surface area contributed by atoms with E-state index in [1.807, 2.05) is 0 Å². The molecule has 1 saturated carbocycles. The molecule has 0 bridgehead atoms. The fraction of sp³-hybridized carbons (Fsp3) is 0.364. The summed E-state index contributed by atoms with van der Waals surface area (Å²) < 4.78 is 6.54. The summed E-state index contributed by atoms with van der Waals surface area (Å²) in [6, 6.07) is 5.39. The van der Waals surface area contributed by atoms with E-state index in [-0.39, 0.29) is 12.1 Å². The number of rotatable bonds is 3. The Morgan fingerprint density at radius 1 is 1.44 bits per heavy atom. The molecule has 0 radical (unpaired) electrons. The molecule has 0 heterocycles. The normalized spacial score (nSPS) is 23.6. The van der Waals surface area contributed by atoms with Gasteiger partial charge in [0.05, 0.1) is 5.56 Å². The first-order valence-corrected chi connectivity index (χ1v) is 5.87. The summed E-state index contributed by atoms with van der Waals surface area (Å²) in [7, 11) is 0. The summed E-state index contributed by atoms with van der Waals surface area (Å²) in [5, 5.41) is 0. The van der Waals surface area contributed by atoms with Crippen LogP contribution in [0.25, 0.3) is 0 Å². The highest BCUT2D eigenvalue weighted by molar-refractivity contribution is 9.10. The number of carbonyl (C=O) groups excluding carboxylic acids is 1. The predicted molar refractivity (Wildman–Crippen MR) is 64.3 cm³/mol. The summed E-state index contributed by atoms with van der Waals surface area (Å²) >= 11 is 3.33. The number of hydrogen-bond acceptors (Lipinski definition) is 3. The van der Waals surface area contributed by atoms with Crippen molar-refractivity contribution in [3.63, 3.8) is 0 Å². The van der Waals surface area contributed by atoms with E-state index in [1.165, 1.54) is 0 Å². The molecule has 0 aliphatic heterocycles. The fourth-order valence-electron chi connectivity index (χ4n) is 1.68. The third-order valence-corrected chi connectivity index (χ3v) is 3.13. The minimum absolute atomic E-state index is 0.0994. The van der Waals surface area contributed by atoms with Crippen LogP contribution in [0.3, 0.4) is 0 Å². The van der Waals surface area contributed by atoms with Crippen LogP contribution in [0.15, 0.2) is 22.7 Å². The number of nitrogens with two attached hydrogens (primary N) is 2. The van der Waals surface area contributed by atoms with Crippen molar-refractivity contribution in [2.75, 3.05) is 0 Å². The first-order chi connectivity index (χ1) is 7.56. The van der Waals surface area contributed by atoms with Crippen molar-refractivity contribution in [3.05, 3.63) is 28.2 Å². The maximum atomic E-state index is 11.2. The summed E-state index contributed by atoms with van der Waals surface area (Å²) in [4.78, 5) is 11.2. The lowest BCUT2D eigenvalue weighted by molar-refractivity contribution is 0.0927. The molecular formula is C11H13BrN2O2. The van der Waals surface area contributed by atoms with E-state index in [9.17, 15) is 4.79 Å². The zero-order valence-corrected chi connectivity index (χ0v) is 10.2. The monoisotopic (exact) mass is 284 g/mol. The molecule has 1 aromatic rings. The van der Waals surface area contributed by atoms with Gasteiger partial charge in [-0.15, -0.1) is 0 Å². The van der Waals surface area contributed by atoms with E-state index in [4.69, 9.17) is 16.2 Å². The first-order valence-electron chi connectivity index (χ1n) is 5.08. The molecule has 1 aliphatic carbocycles. The molecule has 0 atom stereocenters. The van der Waals surface area contributed by atoms with E-state index in [1.54, 1.807) is 18.2 Å². The van der Waals surface area contributed by atoms with E-state index in [2.05, 4.69) is 15.9 Å². The van der Waals surface area contributed by atoms with Crippen molar-refractivity contribution in [1.29, 1.82) is 0 Å². The molecule has 1 fully saturated rings. The van der Waals surface area contributed by atoms with Crippen LogP contribution in [0.4, 0.5) is 0 Å². The topological polar surface area (TPSA) is 78.3 Å². The van der Waals surface area contributed by atoms with E-state index in [0.29, 0.717) is 11.3 Å². The molecule has 0 spiro atoms. The Bertz CT molecular complexity index is 416. The van der Waals surface area contributed by atoms with Gasteiger partial charge in [0.1, 0.15) is 11.9 Å². The highest BCUT2D eigenvalue weighted by Gasteiger charge is 2.28. The number of benzene rings is 1. The van der Waals surface area contributed by atoms with E-state index < -0.39 is 5.91 Å². The number of carbonyl (C=O) groups is 1. The largest absolute Gasteiger partial charge is 0.489 e. The summed E-state index contributed by atoms with van der Waals surface area (Å²) in [6.07, 6.45) is 1.75. The Morgan fingerprint density at radius 2 is 2.12 bits per heavy atom. The van der Waals surface area contributed by atoms with Crippen LogP contribution in [-0.2, 0) is 0 Å². The molecule has 16 heavy (non-hydrogen) atoms. The van der Waals surface area contributed by atoms with Crippen molar-refractivity contribution < 1.29 is 9.53 Å². The molecule has 0 unspecified atom stereocenters. The van der Waals surface area contributed by atoms with Crippen molar-refractivity contribution >= 4 is 21.8 Å². The zero-order chi connectivity index (χ0) is 11.7. The van der Waals surface area contributed by atoms with Gasteiger partial charge in [-0.25, -0.2) is 0 Å². The van der Waals surface area contributed by atoms with Gasteiger partial charge in [-0.05, 0) is 31.0 Å². The third-order valence-electron chi connectivity index (χ3n) is 2.63. The van der Waals surface area contributed by atoms with Crippen molar-refractivity contribution in [2.45, 2.75) is 25.0 Å². The Labute approximate surface area is 102 Å². The van der Waals surface area contributed by atoms with E-state index >= 15 is 0 Å². The molecule has 1 aliphatic rings. The smallest absolute Gasteiger partial charge is 0.252 e. The van der Waals surface area contributed by atoms with Crippen LogP contribution >= 0.6 is 15.9 Å². The molecule has 5 heteroatoms. The average Bonchev–Trinajstić information content (AvgIpc) is 2.15. The molecule has 4 nitrogen and oxygen atoms in total. The summed E-state index contributed by atoms with van der Waals surface area (Å²) in [6.45, 7) is 0. The maximum absolute atomic E-state index is 11.2. The zero-order valence-electron chi connectivity index (χ0n) is 8.65. The second-order valence-corrected chi connectivity index (χ2v) is 4.89. The Kier molecular flexibility index (Phi) is 3.16. The number of primary amides is 1. The first kappa shape index (κ1) is 11.4. The Hall–Kier alpha value is -1.07. The van der Waals surface area contributed by atoms with Gasteiger partial charge in [0.15, 0.2) is 0 Å². The SMILES string of the molecule is NC(=O)c1ccc(Br)cc1OC1CC(N)C1. The highest BCUT2D eigenvalue weighted by atomic mass is 79.9. The lowest BCUT2D eigenvalue weighted by atomic mass is 9.90.